The third-order valence-electron chi connectivity index (χ3n) is 3.58. The number of sulfonamides is 1. The molecular weight excluding hydrogens is 293 g/mol. The number of hydrogen-bond acceptors (Lipinski definition) is 4. The van der Waals surface area contributed by atoms with E-state index in [9.17, 15) is 12.8 Å². The van der Waals surface area contributed by atoms with E-state index in [4.69, 9.17) is 0 Å². The second kappa shape index (κ2) is 7.31. The average Bonchev–Trinajstić information content (AvgIpc) is 2.44. The van der Waals surface area contributed by atoms with Gasteiger partial charge in [0.05, 0.1) is 4.90 Å². The highest BCUT2D eigenvalue weighted by Crippen LogP contribution is 2.15. The molecule has 0 amide bonds. The molecule has 1 aliphatic heterocycles. The normalized spacial score (nSPS) is 17.0. The van der Waals surface area contributed by atoms with Crippen molar-refractivity contribution in [2.45, 2.75) is 18.2 Å². The third kappa shape index (κ3) is 4.74. The van der Waals surface area contributed by atoms with Crippen LogP contribution in [-0.4, -0.2) is 52.6 Å². The number of halogens is 1. The number of rotatable bonds is 6. The van der Waals surface area contributed by atoms with E-state index in [-0.39, 0.29) is 4.90 Å². The highest BCUT2D eigenvalue weighted by molar-refractivity contribution is 7.89. The molecule has 7 heteroatoms. The zero-order valence-corrected chi connectivity index (χ0v) is 13.0. The molecule has 1 saturated heterocycles. The highest BCUT2D eigenvalue weighted by Gasteiger charge is 2.17. The third-order valence-corrected chi connectivity index (χ3v) is 5.20. The summed E-state index contributed by atoms with van der Waals surface area (Å²) in [6.45, 7) is 6.85. The average molecular weight is 315 g/mol. The lowest BCUT2D eigenvalue weighted by molar-refractivity contribution is 0.239. The standard InChI is InChI=1S/C14H22FN3O2S/c1-12-11-13(15)3-4-14(12)21(19,20)17-5-2-8-18-9-6-16-7-10-18/h3-4,11,16-17H,2,5-10H2,1H3. The van der Waals surface area contributed by atoms with Crippen LogP contribution in [0.1, 0.15) is 12.0 Å². The van der Waals surface area contributed by atoms with Gasteiger partial charge in [0.2, 0.25) is 10.0 Å². The number of nitrogens with one attached hydrogen (secondary N) is 2. The van der Waals surface area contributed by atoms with Gasteiger partial charge in [-0.05, 0) is 43.7 Å². The lowest BCUT2D eigenvalue weighted by Gasteiger charge is -2.27. The largest absolute Gasteiger partial charge is 0.314 e. The maximum absolute atomic E-state index is 13.0. The molecule has 1 fully saturated rings. The molecule has 1 heterocycles. The van der Waals surface area contributed by atoms with Crippen molar-refractivity contribution in [2.75, 3.05) is 39.3 Å². The fourth-order valence-corrected chi connectivity index (χ4v) is 3.73. The Hall–Kier alpha value is -1.02. The molecule has 2 N–H and O–H groups in total. The van der Waals surface area contributed by atoms with Crippen molar-refractivity contribution in [1.82, 2.24) is 14.9 Å². The van der Waals surface area contributed by atoms with Crippen LogP contribution in [0, 0.1) is 12.7 Å². The van der Waals surface area contributed by atoms with Crippen LogP contribution < -0.4 is 10.0 Å². The number of aryl methyl sites for hydroxylation is 1. The molecule has 1 aliphatic rings. The molecule has 0 spiro atoms. The van der Waals surface area contributed by atoms with E-state index in [1.807, 2.05) is 0 Å². The number of nitrogens with zero attached hydrogens (tertiary/aromatic N) is 1. The van der Waals surface area contributed by atoms with Gasteiger partial charge in [0.1, 0.15) is 5.82 Å². The summed E-state index contributed by atoms with van der Waals surface area (Å²) in [5, 5.41) is 3.28. The van der Waals surface area contributed by atoms with Crippen molar-refractivity contribution in [2.24, 2.45) is 0 Å². The van der Waals surface area contributed by atoms with Crippen LogP contribution in [0.4, 0.5) is 4.39 Å². The van der Waals surface area contributed by atoms with Gasteiger partial charge in [0.15, 0.2) is 0 Å². The van der Waals surface area contributed by atoms with Crippen LogP contribution >= 0.6 is 0 Å². The van der Waals surface area contributed by atoms with Gasteiger partial charge in [0.25, 0.3) is 0 Å². The molecule has 0 bridgehead atoms. The van der Waals surface area contributed by atoms with E-state index in [0.717, 1.165) is 39.1 Å². The zero-order chi connectivity index (χ0) is 15.3. The predicted molar refractivity (Wildman–Crippen MR) is 80.3 cm³/mol. The molecule has 2 rings (SSSR count). The van der Waals surface area contributed by atoms with Gasteiger partial charge in [-0.25, -0.2) is 17.5 Å². The molecule has 0 saturated carbocycles. The minimum absolute atomic E-state index is 0.145. The fraction of sp³-hybridized carbons (Fsp3) is 0.571. The molecule has 0 aromatic heterocycles. The molecule has 0 unspecified atom stereocenters. The van der Waals surface area contributed by atoms with Crippen molar-refractivity contribution >= 4 is 10.0 Å². The molecule has 21 heavy (non-hydrogen) atoms. The van der Waals surface area contributed by atoms with Gasteiger partial charge in [-0.3, -0.25) is 0 Å². The smallest absolute Gasteiger partial charge is 0.240 e. The van der Waals surface area contributed by atoms with Crippen LogP contribution in [0.25, 0.3) is 0 Å². The van der Waals surface area contributed by atoms with Crippen molar-refractivity contribution < 1.29 is 12.8 Å². The lowest BCUT2D eigenvalue weighted by atomic mass is 10.2. The number of benzene rings is 1. The molecule has 0 aliphatic carbocycles. The summed E-state index contributed by atoms with van der Waals surface area (Å²) < 4.78 is 39.9. The van der Waals surface area contributed by atoms with Crippen molar-refractivity contribution in [3.63, 3.8) is 0 Å². The van der Waals surface area contributed by atoms with Crippen LogP contribution in [0.2, 0.25) is 0 Å². The summed E-state index contributed by atoms with van der Waals surface area (Å²) in [6.07, 6.45) is 0.763. The number of hydrogen-bond donors (Lipinski definition) is 2. The first-order chi connectivity index (χ1) is 9.99. The summed E-state index contributed by atoms with van der Waals surface area (Å²) in [7, 11) is -3.56. The first kappa shape index (κ1) is 16.4. The first-order valence-corrected chi connectivity index (χ1v) is 8.66. The summed E-state index contributed by atoms with van der Waals surface area (Å²) in [4.78, 5) is 2.46. The van der Waals surface area contributed by atoms with Crippen molar-refractivity contribution in [3.05, 3.63) is 29.6 Å². The Bertz CT molecular complexity index is 572. The quantitative estimate of drug-likeness (QED) is 0.759. The molecule has 1 aromatic carbocycles. The fourth-order valence-electron chi connectivity index (χ4n) is 2.44. The molecule has 0 atom stereocenters. The van der Waals surface area contributed by atoms with Gasteiger partial charge in [-0.15, -0.1) is 0 Å². The Morgan fingerprint density at radius 1 is 1.33 bits per heavy atom. The van der Waals surface area contributed by atoms with Crippen LogP contribution in [0.3, 0.4) is 0 Å². The maximum atomic E-state index is 13.0. The molecule has 118 valence electrons. The first-order valence-electron chi connectivity index (χ1n) is 7.18. The van der Waals surface area contributed by atoms with Crippen LogP contribution in [-0.2, 0) is 10.0 Å². The van der Waals surface area contributed by atoms with Gasteiger partial charge in [-0.2, -0.15) is 0 Å². The van der Waals surface area contributed by atoms with Crippen LogP contribution in [0.15, 0.2) is 23.1 Å². The lowest BCUT2D eigenvalue weighted by Crippen LogP contribution is -2.44. The SMILES string of the molecule is Cc1cc(F)ccc1S(=O)(=O)NCCCN1CCNCC1. The van der Waals surface area contributed by atoms with E-state index in [0.29, 0.717) is 12.1 Å². The zero-order valence-electron chi connectivity index (χ0n) is 12.2. The summed E-state index contributed by atoms with van der Waals surface area (Å²) in [5.74, 6) is -0.426. The second-order valence-electron chi connectivity index (χ2n) is 5.25. The minimum Gasteiger partial charge on any atom is -0.314 e. The van der Waals surface area contributed by atoms with Gasteiger partial charge < -0.3 is 10.2 Å². The molecule has 0 radical (unpaired) electrons. The van der Waals surface area contributed by atoms with Gasteiger partial charge in [0, 0.05) is 32.7 Å². The topological polar surface area (TPSA) is 61.4 Å². The van der Waals surface area contributed by atoms with E-state index in [2.05, 4.69) is 14.9 Å². The molecular formula is C14H22FN3O2S. The van der Waals surface area contributed by atoms with Crippen LogP contribution in [0.5, 0.6) is 0 Å². The monoisotopic (exact) mass is 315 g/mol. The van der Waals surface area contributed by atoms with Gasteiger partial charge >= 0.3 is 0 Å². The number of piperazine rings is 1. The predicted octanol–water partition coefficient (Wildman–Crippen LogP) is 0.708. The summed E-state index contributed by atoms with van der Waals surface area (Å²) in [5.41, 5.74) is 0.421. The van der Waals surface area contributed by atoms with Crippen molar-refractivity contribution in [3.8, 4) is 0 Å². The summed E-state index contributed by atoms with van der Waals surface area (Å²) >= 11 is 0. The van der Waals surface area contributed by atoms with E-state index >= 15 is 0 Å². The van der Waals surface area contributed by atoms with E-state index in [1.165, 1.54) is 18.2 Å². The Kier molecular flexibility index (Phi) is 5.69. The van der Waals surface area contributed by atoms with E-state index in [1.54, 1.807) is 6.92 Å². The second-order valence-corrected chi connectivity index (χ2v) is 6.99. The Morgan fingerprint density at radius 3 is 2.71 bits per heavy atom. The maximum Gasteiger partial charge on any atom is 0.240 e. The Labute approximate surface area is 125 Å². The van der Waals surface area contributed by atoms with Crippen molar-refractivity contribution in [1.29, 1.82) is 0 Å². The molecule has 5 nitrogen and oxygen atoms in total. The highest BCUT2D eigenvalue weighted by atomic mass is 32.2. The molecule has 1 aromatic rings. The summed E-state index contributed by atoms with van der Waals surface area (Å²) in [6, 6.07) is 3.71. The Balaban J connectivity index is 1.83. The Morgan fingerprint density at radius 2 is 2.05 bits per heavy atom. The van der Waals surface area contributed by atoms with Gasteiger partial charge in [-0.1, -0.05) is 0 Å². The van der Waals surface area contributed by atoms with E-state index < -0.39 is 15.8 Å². The minimum atomic E-state index is -3.56.